The highest BCUT2D eigenvalue weighted by molar-refractivity contribution is 6.33. The zero-order valence-corrected chi connectivity index (χ0v) is 10.5. The Labute approximate surface area is 114 Å². The van der Waals surface area contributed by atoms with Crippen LogP contribution in [-0.4, -0.2) is 12.2 Å². The number of nitrogens with zero attached hydrogens (tertiary/aromatic N) is 1. The largest absolute Gasteiger partial charge is 0.365 e. The first-order valence-electron chi connectivity index (χ1n) is 5.41. The predicted octanol–water partition coefficient (Wildman–Crippen LogP) is 3.67. The molecule has 0 fully saturated rings. The number of carbonyl (C=O) groups excluding carboxylic acids is 1. The maximum absolute atomic E-state index is 12.7. The van der Waals surface area contributed by atoms with Crippen molar-refractivity contribution in [1.82, 2.24) is 0 Å². The molecular formula is C14H9ClFNO2. The summed E-state index contributed by atoms with van der Waals surface area (Å²) in [6.07, 6.45) is 1.34. The molecule has 0 spiro atoms. The van der Waals surface area contributed by atoms with Gasteiger partial charge in [-0.1, -0.05) is 35.0 Å². The van der Waals surface area contributed by atoms with Gasteiger partial charge in [-0.05, 0) is 30.3 Å². The first-order valence-corrected chi connectivity index (χ1v) is 5.79. The van der Waals surface area contributed by atoms with Crippen molar-refractivity contribution < 1.29 is 14.0 Å². The van der Waals surface area contributed by atoms with Crippen LogP contribution in [0, 0.1) is 5.82 Å². The summed E-state index contributed by atoms with van der Waals surface area (Å²) in [4.78, 5) is 16.2. The molecule has 0 atom stereocenters. The molecule has 0 aliphatic carbocycles. The van der Waals surface area contributed by atoms with E-state index in [1.807, 2.05) is 0 Å². The van der Waals surface area contributed by atoms with Gasteiger partial charge in [-0.3, -0.25) is 0 Å². The lowest BCUT2D eigenvalue weighted by atomic mass is 10.2. The van der Waals surface area contributed by atoms with Gasteiger partial charge in [-0.2, -0.15) is 0 Å². The first-order chi connectivity index (χ1) is 9.16. The second-order valence-corrected chi connectivity index (χ2v) is 4.05. The van der Waals surface area contributed by atoms with Gasteiger partial charge in [-0.25, -0.2) is 9.18 Å². The molecule has 0 N–H and O–H groups in total. The van der Waals surface area contributed by atoms with Crippen molar-refractivity contribution in [2.75, 3.05) is 0 Å². The van der Waals surface area contributed by atoms with Crippen molar-refractivity contribution in [2.24, 2.45) is 5.16 Å². The Morgan fingerprint density at radius 2 is 1.84 bits per heavy atom. The van der Waals surface area contributed by atoms with Gasteiger partial charge in [0.1, 0.15) is 5.82 Å². The van der Waals surface area contributed by atoms with Crippen molar-refractivity contribution in [1.29, 1.82) is 0 Å². The van der Waals surface area contributed by atoms with Crippen LogP contribution < -0.4 is 0 Å². The monoisotopic (exact) mass is 277 g/mol. The smallest absolute Gasteiger partial charge is 0.313 e. The van der Waals surface area contributed by atoms with E-state index in [2.05, 4.69) is 9.99 Å². The number of oxime groups is 1. The Kier molecular flexibility index (Phi) is 4.26. The topological polar surface area (TPSA) is 38.7 Å². The fourth-order valence-corrected chi connectivity index (χ4v) is 1.53. The highest BCUT2D eigenvalue weighted by Crippen LogP contribution is 2.12. The molecule has 96 valence electrons. The molecule has 19 heavy (non-hydrogen) atoms. The maximum Gasteiger partial charge on any atom is 0.365 e. The SMILES string of the molecule is O=C(O/N=C/c1ccccc1Cl)c1ccc(F)cc1. The highest BCUT2D eigenvalue weighted by atomic mass is 35.5. The van der Waals surface area contributed by atoms with E-state index in [0.717, 1.165) is 0 Å². The zero-order chi connectivity index (χ0) is 13.7. The summed E-state index contributed by atoms with van der Waals surface area (Å²) in [5.41, 5.74) is 0.855. The van der Waals surface area contributed by atoms with Crippen molar-refractivity contribution in [3.05, 3.63) is 70.5 Å². The Hall–Kier alpha value is -2.20. The highest BCUT2D eigenvalue weighted by Gasteiger charge is 2.06. The normalized spacial score (nSPS) is 10.6. The molecule has 0 bridgehead atoms. The fourth-order valence-electron chi connectivity index (χ4n) is 1.35. The summed E-state index contributed by atoms with van der Waals surface area (Å²) in [6.45, 7) is 0. The lowest BCUT2D eigenvalue weighted by molar-refractivity contribution is 0.0519. The minimum absolute atomic E-state index is 0.220. The Balaban J connectivity index is 2.01. The van der Waals surface area contributed by atoms with E-state index in [0.29, 0.717) is 10.6 Å². The Morgan fingerprint density at radius 3 is 2.53 bits per heavy atom. The molecule has 0 aliphatic heterocycles. The second-order valence-electron chi connectivity index (χ2n) is 3.64. The minimum atomic E-state index is -0.664. The summed E-state index contributed by atoms with van der Waals surface area (Å²) in [7, 11) is 0. The van der Waals surface area contributed by atoms with Crippen LogP contribution in [0.15, 0.2) is 53.7 Å². The van der Waals surface area contributed by atoms with E-state index >= 15 is 0 Å². The number of rotatable bonds is 3. The molecule has 0 aromatic heterocycles. The summed E-state index contributed by atoms with van der Waals surface area (Å²) < 4.78 is 12.7. The molecule has 0 saturated carbocycles. The molecule has 2 aromatic carbocycles. The van der Waals surface area contributed by atoms with Gasteiger partial charge >= 0.3 is 5.97 Å². The van der Waals surface area contributed by atoms with Crippen molar-refractivity contribution in [3.8, 4) is 0 Å². The van der Waals surface area contributed by atoms with Crippen LogP contribution in [0.3, 0.4) is 0 Å². The molecule has 0 unspecified atom stereocenters. The molecule has 3 nitrogen and oxygen atoms in total. The molecule has 0 aliphatic rings. The van der Waals surface area contributed by atoms with E-state index in [-0.39, 0.29) is 5.56 Å². The Morgan fingerprint density at radius 1 is 1.16 bits per heavy atom. The Bertz CT molecular complexity index is 611. The van der Waals surface area contributed by atoms with E-state index in [4.69, 9.17) is 11.6 Å². The number of carbonyl (C=O) groups is 1. The number of halogens is 2. The molecule has 5 heteroatoms. The van der Waals surface area contributed by atoms with Gasteiger partial charge in [0.25, 0.3) is 0 Å². The third-order valence-electron chi connectivity index (χ3n) is 2.31. The van der Waals surface area contributed by atoms with Crippen LogP contribution in [0.4, 0.5) is 4.39 Å². The van der Waals surface area contributed by atoms with E-state index in [1.165, 1.54) is 30.5 Å². The average molecular weight is 278 g/mol. The maximum atomic E-state index is 12.7. The summed E-state index contributed by atoms with van der Waals surface area (Å²) in [5, 5.41) is 4.05. The quantitative estimate of drug-likeness (QED) is 0.488. The number of hydrogen-bond acceptors (Lipinski definition) is 3. The summed E-state index contributed by atoms with van der Waals surface area (Å²) in [5.74, 6) is -1.08. The number of hydrogen-bond donors (Lipinski definition) is 0. The van der Waals surface area contributed by atoms with Crippen molar-refractivity contribution >= 4 is 23.8 Å². The molecule has 0 heterocycles. The van der Waals surface area contributed by atoms with Crippen molar-refractivity contribution in [2.45, 2.75) is 0 Å². The summed E-state index contributed by atoms with van der Waals surface area (Å²) >= 11 is 5.90. The van der Waals surface area contributed by atoms with Gasteiger partial charge in [-0.15, -0.1) is 0 Å². The lowest BCUT2D eigenvalue weighted by Crippen LogP contribution is -2.01. The van der Waals surface area contributed by atoms with E-state index in [9.17, 15) is 9.18 Å². The molecular weight excluding hydrogens is 269 g/mol. The van der Waals surface area contributed by atoms with E-state index < -0.39 is 11.8 Å². The summed E-state index contributed by atoms with van der Waals surface area (Å²) in [6, 6.07) is 12.0. The van der Waals surface area contributed by atoms with Crippen LogP contribution in [0.2, 0.25) is 5.02 Å². The predicted molar refractivity (Wildman–Crippen MR) is 70.9 cm³/mol. The first kappa shape index (κ1) is 13.2. The molecule has 2 rings (SSSR count). The standard InChI is InChI=1S/C14H9ClFNO2/c15-13-4-2-1-3-11(13)9-17-19-14(18)10-5-7-12(16)8-6-10/h1-9H/b17-9+. The molecule has 0 radical (unpaired) electrons. The van der Waals surface area contributed by atoms with Gasteiger partial charge in [0.05, 0.1) is 11.8 Å². The third kappa shape index (κ3) is 3.63. The molecule has 0 amide bonds. The lowest BCUT2D eigenvalue weighted by Gasteiger charge is -1.98. The van der Waals surface area contributed by atoms with Gasteiger partial charge in [0.15, 0.2) is 0 Å². The van der Waals surface area contributed by atoms with Gasteiger partial charge in [0.2, 0.25) is 0 Å². The zero-order valence-electron chi connectivity index (χ0n) is 9.72. The fraction of sp³-hybridized carbons (Fsp3) is 0. The minimum Gasteiger partial charge on any atom is -0.313 e. The van der Waals surface area contributed by atoms with E-state index in [1.54, 1.807) is 24.3 Å². The van der Waals surface area contributed by atoms with Gasteiger partial charge in [0, 0.05) is 10.6 Å². The third-order valence-corrected chi connectivity index (χ3v) is 2.66. The molecule has 0 saturated heterocycles. The van der Waals surface area contributed by atoms with Crippen LogP contribution >= 0.6 is 11.6 Å². The number of benzene rings is 2. The van der Waals surface area contributed by atoms with Crippen LogP contribution in [0.1, 0.15) is 15.9 Å². The van der Waals surface area contributed by atoms with Crippen LogP contribution in [-0.2, 0) is 4.84 Å². The second kappa shape index (κ2) is 6.11. The van der Waals surface area contributed by atoms with Crippen LogP contribution in [0.5, 0.6) is 0 Å². The molecule has 2 aromatic rings. The van der Waals surface area contributed by atoms with Crippen LogP contribution in [0.25, 0.3) is 0 Å². The van der Waals surface area contributed by atoms with Gasteiger partial charge < -0.3 is 4.84 Å². The average Bonchev–Trinajstić information content (AvgIpc) is 2.41. The van der Waals surface area contributed by atoms with Crippen molar-refractivity contribution in [3.63, 3.8) is 0 Å².